The predicted molar refractivity (Wildman–Crippen MR) is 69.4 cm³/mol. The summed E-state index contributed by atoms with van der Waals surface area (Å²) in [7, 11) is 0. The second-order valence-electron chi connectivity index (χ2n) is 3.75. The molecule has 0 spiro atoms. The summed E-state index contributed by atoms with van der Waals surface area (Å²) in [5.41, 5.74) is 9.51. The highest BCUT2D eigenvalue weighted by Crippen LogP contribution is 2.28. The van der Waals surface area contributed by atoms with Gasteiger partial charge in [0.15, 0.2) is 4.67 Å². The molecular formula is C12H10BrN3O. The first-order valence-corrected chi connectivity index (χ1v) is 5.99. The maximum absolute atomic E-state index is 5.61. The van der Waals surface area contributed by atoms with Crippen LogP contribution in [-0.4, -0.2) is 9.97 Å². The zero-order valence-corrected chi connectivity index (χ0v) is 10.5. The number of fused-ring (bicyclic) bond motifs is 1. The fourth-order valence-corrected chi connectivity index (χ4v) is 2.20. The summed E-state index contributed by atoms with van der Waals surface area (Å²) in [6.07, 6.45) is 1.62. The van der Waals surface area contributed by atoms with E-state index in [0.717, 1.165) is 28.0 Å². The summed E-state index contributed by atoms with van der Waals surface area (Å²) in [6.45, 7) is 0.527. The van der Waals surface area contributed by atoms with Crippen LogP contribution in [0.2, 0.25) is 0 Å². The predicted octanol–water partition coefficient (Wildman–Crippen LogP) is 3.04. The first-order chi connectivity index (χ1) is 8.28. The van der Waals surface area contributed by atoms with Gasteiger partial charge in [0.1, 0.15) is 5.82 Å². The third kappa shape index (κ3) is 1.77. The Kier molecular flexibility index (Phi) is 2.49. The van der Waals surface area contributed by atoms with Gasteiger partial charge in [0.2, 0.25) is 0 Å². The molecule has 0 aliphatic heterocycles. The molecule has 1 aromatic carbocycles. The Labute approximate surface area is 106 Å². The van der Waals surface area contributed by atoms with E-state index in [2.05, 4.69) is 25.9 Å². The van der Waals surface area contributed by atoms with Gasteiger partial charge in [0.25, 0.3) is 0 Å². The van der Waals surface area contributed by atoms with Crippen molar-refractivity contribution in [3.05, 3.63) is 40.8 Å². The topological polar surface area (TPSA) is 67.8 Å². The number of hydrogen-bond acceptors (Lipinski definition) is 3. The minimum absolute atomic E-state index is 0.527. The standard InChI is InChI=1S/C12H10BrN3O/c13-11-8(3-4-17-11)12-15-9-2-1-7(6-14)5-10(9)16-12/h1-5H,6,14H2,(H,15,16). The van der Waals surface area contributed by atoms with Crippen LogP contribution in [-0.2, 0) is 6.54 Å². The van der Waals surface area contributed by atoms with Crippen LogP contribution in [0.1, 0.15) is 5.56 Å². The van der Waals surface area contributed by atoms with E-state index in [1.807, 2.05) is 24.3 Å². The zero-order chi connectivity index (χ0) is 11.8. The van der Waals surface area contributed by atoms with Crippen LogP contribution in [0.4, 0.5) is 0 Å². The summed E-state index contributed by atoms with van der Waals surface area (Å²) in [5.74, 6) is 0.787. The van der Waals surface area contributed by atoms with Crippen molar-refractivity contribution in [3.63, 3.8) is 0 Å². The first kappa shape index (κ1) is 10.6. The third-order valence-electron chi connectivity index (χ3n) is 2.66. The van der Waals surface area contributed by atoms with Gasteiger partial charge in [-0.05, 0) is 39.7 Å². The number of H-pyrrole nitrogens is 1. The number of hydrogen-bond donors (Lipinski definition) is 2. The van der Waals surface area contributed by atoms with Crippen LogP contribution < -0.4 is 5.73 Å². The molecule has 0 saturated heterocycles. The number of aromatic amines is 1. The van der Waals surface area contributed by atoms with Gasteiger partial charge in [0, 0.05) is 6.54 Å². The molecular weight excluding hydrogens is 282 g/mol. The van der Waals surface area contributed by atoms with Crippen molar-refractivity contribution in [2.24, 2.45) is 5.73 Å². The fourth-order valence-electron chi connectivity index (χ4n) is 1.77. The average Bonchev–Trinajstić information content (AvgIpc) is 2.93. The normalized spacial score (nSPS) is 11.2. The van der Waals surface area contributed by atoms with E-state index in [-0.39, 0.29) is 0 Å². The van der Waals surface area contributed by atoms with Crippen LogP contribution in [0.25, 0.3) is 22.4 Å². The van der Waals surface area contributed by atoms with Crippen molar-refractivity contribution in [3.8, 4) is 11.4 Å². The lowest BCUT2D eigenvalue weighted by molar-refractivity contribution is 0.542. The molecule has 0 saturated carbocycles. The van der Waals surface area contributed by atoms with Crippen LogP contribution >= 0.6 is 15.9 Å². The summed E-state index contributed by atoms with van der Waals surface area (Å²) in [5, 5.41) is 0. The number of benzene rings is 1. The van der Waals surface area contributed by atoms with Gasteiger partial charge in [0.05, 0.1) is 22.9 Å². The van der Waals surface area contributed by atoms with Crippen LogP contribution in [0.5, 0.6) is 0 Å². The highest BCUT2D eigenvalue weighted by molar-refractivity contribution is 9.10. The summed E-state index contributed by atoms with van der Waals surface area (Å²) >= 11 is 3.34. The Morgan fingerprint density at radius 3 is 2.94 bits per heavy atom. The number of aromatic nitrogens is 2. The quantitative estimate of drug-likeness (QED) is 0.762. The van der Waals surface area contributed by atoms with Crippen molar-refractivity contribution in [1.29, 1.82) is 0 Å². The summed E-state index contributed by atoms with van der Waals surface area (Å²) < 4.78 is 5.87. The zero-order valence-electron chi connectivity index (χ0n) is 8.90. The Morgan fingerprint density at radius 1 is 1.35 bits per heavy atom. The molecule has 3 rings (SSSR count). The molecule has 86 valence electrons. The van der Waals surface area contributed by atoms with Crippen molar-refractivity contribution in [2.75, 3.05) is 0 Å². The van der Waals surface area contributed by atoms with E-state index in [0.29, 0.717) is 11.2 Å². The summed E-state index contributed by atoms with van der Waals surface area (Å²) in [6, 6.07) is 7.83. The van der Waals surface area contributed by atoms with Crippen LogP contribution in [0, 0.1) is 0 Å². The lowest BCUT2D eigenvalue weighted by Crippen LogP contribution is -1.95. The van der Waals surface area contributed by atoms with E-state index in [9.17, 15) is 0 Å². The van der Waals surface area contributed by atoms with Gasteiger partial charge in [-0.1, -0.05) is 6.07 Å². The van der Waals surface area contributed by atoms with Crippen LogP contribution in [0.15, 0.2) is 39.6 Å². The van der Waals surface area contributed by atoms with Crippen LogP contribution in [0.3, 0.4) is 0 Å². The van der Waals surface area contributed by atoms with Crippen molar-refractivity contribution >= 4 is 27.0 Å². The number of imidazole rings is 1. The molecule has 0 bridgehead atoms. The van der Waals surface area contributed by atoms with Crippen molar-refractivity contribution in [2.45, 2.75) is 6.54 Å². The molecule has 3 N–H and O–H groups in total. The van der Waals surface area contributed by atoms with E-state index in [1.165, 1.54) is 0 Å². The minimum Gasteiger partial charge on any atom is -0.457 e. The molecule has 0 radical (unpaired) electrons. The second-order valence-corrected chi connectivity index (χ2v) is 4.47. The molecule has 0 unspecified atom stereocenters. The smallest absolute Gasteiger partial charge is 0.179 e. The SMILES string of the molecule is NCc1ccc2nc(-c3ccoc3Br)[nH]c2c1. The monoisotopic (exact) mass is 291 g/mol. The fraction of sp³-hybridized carbons (Fsp3) is 0.0833. The number of rotatable bonds is 2. The third-order valence-corrected chi connectivity index (χ3v) is 3.27. The molecule has 0 aliphatic carbocycles. The highest BCUT2D eigenvalue weighted by atomic mass is 79.9. The number of nitrogens with zero attached hydrogens (tertiary/aromatic N) is 1. The molecule has 2 aromatic heterocycles. The molecule has 17 heavy (non-hydrogen) atoms. The number of halogens is 1. The van der Waals surface area contributed by atoms with Gasteiger partial charge in [-0.2, -0.15) is 0 Å². The molecule has 0 amide bonds. The first-order valence-electron chi connectivity index (χ1n) is 5.20. The van der Waals surface area contributed by atoms with Gasteiger partial charge in [-0.15, -0.1) is 0 Å². The van der Waals surface area contributed by atoms with Gasteiger partial charge >= 0.3 is 0 Å². The number of nitrogens with one attached hydrogen (secondary N) is 1. The lowest BCUT2D eigenvalue weighted by atomic mass is 10.2. The molecule has 0 atom stereocenters. The lowest BCUT2D eigenvalue weighted by Gasteiger charge is -1.94. The van der Waals surface area contributed by atoms with E-state index in [4.69, 9.17) is 10.2 Å². The van der Waals surface area contributed by atoms with E-state index >= 15 is 0 Å². The average molecular weight is 292 g/mol. The molecule has 2 heterocycles. The maximum Gasteiger partial charge on any atom is 0.179 e. The van der Waals surface area contributed by atoms with Crippen molar-refractivity contribution < 1.29 is 4.42 Å². The molecule has 0 aliphatic rings. The Bertz CT molecular complexity index is 671. The minimum atomic E-state index is 0.527. The Balaban J connectivity index is 2.17. The molecule has 3 aromatic rings. The second kappa shape index (κ2) is 4.01. The van der Waals surface area contributed by atoms with E-state index in [1.54, 1.807) is 6.26 Å². The molecule has 5 heteroatoms. The van der Waals surface area contributed by atoms with E-state index < -0.39 is 0 Å². The highest BCUT2D eigenvalue weighted by Gasteiger charge is 2.10. The van der Waals surface area contributed by atoms with Gasteiger partial charge in [-0.25, -0.2) is 4.98 Å². The number of nitrogens with two attached hydrogens (primary N) is 1. The van der Waals surface area contributed by atoms with Crippen molar-refractivity contribution in [1.82, 2.24) is 9.97 Å². The number of furan rings is 1. The van der Waals surface area contributed by atoms with Gasteiger partial charge in [-0.3, -0.25) is 0 Å². The van der Waals surface area contributed by atoms with Gasteiger partial charge < -0.3 is 15.1 Å². The summed E-state index contributed by atoms with van der Waals surface area (Å²) in [4.78, 5) is 7.76. The largest absolute Gasteiger partial charge is 0.457 e. The Morgan fingerprint density at radius 2 is 2.24 bits per heavy atom. The molecule has 0 fully saturated rings. The maximum atomic E-state index is 5.61. The Hall–Kier alpha value is -1.59. The molecule has 4 nitrogen and oxygen atoms in total.